The predicted molar refractivity (Wildman–Crippen MR) is 108 cm³/mol. The molecule has 1 atom stereocenters. The van der Waals surface area contributed by atoms with Crippen LogP contribution in [0.15, 0.2) is 84.1 Å². The standard InChI is InChI=1S/C21H16FN3O3S/c22-17-8-4-15(5-9-17)14-23-21(29)19(24-12-2-1-3-13-24)20(26)16-6-10-18(11-7-16)25(27)28/h1-13,19H,14H2/t19-/m1/s1. The Morgan fingerprint density at radius 1 is 1.07 bits per heavy atom. The molecule has 1 aromatic heterocycles. The lowest BCUT2D eigenvalue weighted by atomic mass is 10.0. The predicted octanol–water partition coefficient (Wildman–Crippen LogP) is 3.59. The molecule has 0 N–H and O–H groups in total. The lowest BCUT2D eigenvalue weighted by Gasteiger charge is -2.18. The van der Waals surface area contributed by atoms with Crippen molar-refractivity contribution in [2.24, 2.45) is 4.99 Å². The van der Waals surface area contributed by atoms with E-state index in [4.69, 9.17) is 12.6 Å². The van der Waals surface area contributed by atoms with E-state index in [2.05, 4.69) is 4.99 Å². The van der Waals surface area contributed by atoms with Gasteiger partial charge in [0.25, 0.3) is 5.69 Å². The average molecular weight is 409 g/mol. The Labute approximate surface area is 171 Å². The van der Waals surface area contributed by atoms with Gasteiger partial charge in [-0.3, -0.25) is 14.9 Å². The lowest BCUT2D eigenvalue weighted by molar-refractivity contribution is -0.691. The Balaban J connectivity index is 1.91. The molecule has 1 heterocycles. The van der Waals surface area contributed by atoms with E-state index in [1.165, 1.54) is 36.4 Å². The number of Topliss-reactive ketones (excluding diaryl/α,β-unsaturated/α-hetero) is 1. The third kappa shape index (κ3) is 5.05. The van der Waals surface area contributed by atoms with Crippen LogP contribution in [0.2, 0.25) is 0 Å². The van der Waals surface area contributed by atoms with Crippen LogP contribution in [0.3, 0.4) is 0 Å². The lowest BCUT2D eigenvalue weighted by Crippen LogP contribution is -2.47. The van der Waals surface area contributed by atoms with E-state index in [1.54, 1.807) is 41.2 Å². The molecule has 6 nitrogen and oxygen atoms in total. The first kappa shape index (κ1) is 20.2. The van der Waals surface area contributed by atoms with Crippen LogP contribution in [0, 0.1) is 15.9 Å². The fourth-order valence-corrected chi connectivity index (χ4v) is 3.00. The van der Waals surface area contributed by atoms with E-state index in [-0.39, 0.29) is 34.4 Å². The minimum absolute atomic E-state index is 0.103. The number of carbonyl (C=O) groups is 1. The van der Waals surface area contributed by atoms with Crippen molar-refractivity contribution in [3.63, 3.8) is 0 Å². The summed E-state index contributed by atoms with van der Waals surface area (Å²) in [6.45, 7) is 0.205. The van der Waals surface area contributed by atoms with Gasteiger partial charge in [0.05, 0.1) is 11.5 Å². The number of nitro groups is 1. The molecule has 29 heavy (non-hydrogen) atoms. The number of non-ortho nitro benzene ring substituents is 1. The van der Waals surface area contributed by atoms with Gasteiger partial charge in [-0.1, -0.05) is 18.2 Å². The van der Waals surface area contributed by atoms with Crippen LogP contribution in [-0.4, -0.2) is 15.8 Å². The van der Waals surface area contributed by atoms with E-state index in [0.717, 1.165) is 5.56 Å². The molecule has 0 saturated heterocycles. The maximum atomic E-state index is 13.1. The van der Waals surface area contributed by atoms with Crippen LogP contribution < -0.4 is 4.57 Å². The molecular weight excluding hydrogens is 393 g/mol. The van der Waals surface area contributed by atoms with E-state index in [1.807, 2.05) is 6.07 Å². The summed E-state index contributed by atoms with van der Waals surface area (Å²) in [5.41, 5.74) is 0.943. The van der Waals surface area contributed by atoms with Gasteiger partial charge in [0.2, 0.25) is 11.8 Å². The molecule has 0 aliphatic carbocycles. The highest BCUT2D eigenvalue weighted by atomic mass is 32.1. The summed E-state index contributed by atoms with van der Waals surface area (Å²) >= 11 is 5.44. The number of benzene rings is 2. The van der Waals surface area contributed by atoms with Crippen LogP contribution in [0.25, 0.3) is 0 Å². The van der Waals surface area contributed by atoms with Crippen molar-refractivity contribution in [3.8, 4) is 0 Å². The number of carbonyl (C=O) groups excluding carboxylic acids is 1. The number of nitrogens with zero attached hydrogens (tertiary/aromatic N) is 3. The van der Waals surface area contributed by atoms with E-state index >= 15 is 0 Å². The van der Waals surface area contributed by atoms with Gasteiger partial charge in [-0.05, 0) is 34.9 Å². The van der Waals surface area contributed by atoms with E-state index in [9.17, 15) is 19.3 Å². The van der Waals surface area contributed by atoms with Crippen molar-refractivity contribution in [2.75, 3.05) is 0 Å². The quantitative estimate of drug-likeness (QED) is 0.114. The Kier molecular flexibility index (Phi) is 6.36. The third-order valence-electron chi connectivity index (χ3n) is 4.21. The van der Waals surface area contributed by atoms with Crippen LogP contribution in [0.4, 0.5) is 10.1 Å². The Bertz CT molecular complexity index is 1040. The molecule has 3 rings (SSSR count). The minimum atomic E-state index is -0.881. The molecule has 0 spiro atoms. The van der Waals surface area contributed by atoms with Crippen molar-refractivity contribution >= 4 is 29.1 Å². The van der Waals surface area contributed by atoms with E-state index < -0.39 is 11.0 Å². The second-order valence-electron chi connectivity index (χ2n) is 6.17. The number of ketones is 1. The number of halogens is 1. The average Bonchev–Trinajstić information content (AvgIpc) is 2.74. The van der Waals surface area contributed by atoms with Crippen molar-refractivity contribution < 1.29 is 18.7 Å². The molecule has 3 aromatic rings. The second kappa shape index (κ2) is 9.11. The number of hydrogen-bond acceptors (Lipinski definition) is 5. The second-order valence-corrected chi connectivity index (χ2v) is 6.59. The first-order chi connectivity index (χ1) is 14.0. The minimum Gasteiger partial charge on any atom is -0.758 e. The van der Waals surface area contributed by atoms with Gasteiger partial charge in [-0.2, -0.15) is 4.57 Å². The largest absolute Gasteiger partial charge is 0.758 e. The summed E-state index contributed by atoms with van der Waals surface area (Å²) in [7, 11) is 0. The van der Waals surface area contributed by atoms with Gasteiger partial charge in [-0.25, -0.2) is 4.39 Å². The van der Waals surface area contributed by atoms with Crippen LogP contribution in [0.1, 0.15) is 22.0 Å². The molecule has 0 bridgehead atoms. The topological polar surface area (TPSA) is 76.4 Å². The number of aliphatic imine (C=N–C) groups is 1. The zero-order valence-corrected chi connectivity index (χ0v) is 16.0. The number of pyridine rings is 1. The highest BCUT2D eigenvalue weighted by Crippen LogP contribution is 2.17. The van der Waals surface area contributed by atoms with Gasteiger partial charge in [-0.15, -0.1) is 0 Å². The fraction of sp³-hybridized carbons (Fsp3) is 0.0952. The van der Waals surface area contributed by atoms with Gasteiger partial charge in [0, 0.05) is 29.8 Å². The van der Waals surface area contributed by atoms with Crippen molar-refractivity contribution in [3.05, 3.63) is 106 Å². The zero-order valence-electron chi connectivity index (χ0n) is 15.1. The molecule has 0 unspecified atom stereocenters. The highest BCUT2D eigenvalue weighted by Gasteiger charge is 2.28. The molecule has 0 fully saturated rings. The monoisotopic (exact) mass is 409 g/mol. The summed E-state index contributed by atoms with van der Waals surface area (Å²) in [6.07, 6.45) is 3.40. The number of aromatic nitrogens is 1. The molecule has 146 valence electrons. The first-order valence-electron chi connectivity index (χ1n) is 8.66. The molecular formula is C21H16FN3O3S. The van der Waals surface area contributed by atoms with Crippen LogP contribution in [-0.2, 0) is 19.2 Å². The number of rotatable bonds is 7. The summed E-state index contributed by atoms with van der Waals surface area (Å²) < 4.78 is 14.7. The molecule has 8 heteroatoms. The van der Waals surface area contributed by atoms with Gasteiger partial charge in [0.15, 0.2) is 12.4 Å². The van der Waals surface area contributed by atoms with E-state index in [0.29, 0.717) is 0 Å². The SMILES string of the molecule is O=C(c1ccc([N+](=O)[O-])cc1)[C@H](C([S-])=NCc1ccc(F)cc1)[n+]1ccccc1. The third-order valence-corrected chi connectivity index (χ3v) is 4.56. The smallest absolute Gasteiger partial charge is 0.269 e. The van der Waals surface area contributed by atoms with Crippen molar-refractivity contribution in [1.82, 2.24) is 0 Å². The Hall–Kier alpha value is -3.52. The summed E-state index contributed by atoms with van der Waals surface area (Å²) in [5, 5.41) is 11.0. The van der Waals surface area contributed by atoms with Crippen LogP contribution >= 0.6 is 0 Å². The summed E-state index contributed by atoms with van der Waals surface area (Å²) in [5.74, 6) is -0.675. The number of hydrogen-bond donors (Lipinski definition) is 0. The maximum Gasteiger partial charge on any atom is 0.269 e. The van der Waals surface area contributed by atoms with Crippen molar-refractivity contribution in [2.45, 2.75) is 12.6 Å². The van der Waals surface area contributed by atoms with Crippen molar-refractivity contribution in [1.29, 1.82) is 0 Å². The molecule has 0 aliphatic heterocycles. The zero-order chi connectivity index (χ0) is 20.8. The molecule has 0 aliphatic rings. The molecule has 2 aromatic carbocycles. The first-order valence-corrected chi connectivity index (χ1v) is 9.07. The fourth-order valence-electron chi connectivity index (χ4n) is 2.71. The summed E-state index contributed by atoms with van der Waals surface area (Å²) in [6, 6.07) is 15.7. The number of nitro benzene ring substituents is 1. The van der Waals surface area contributed by atoms with Gasteiger partial charge >= 0.3 is 0 Å². The molecule has 0 radical (unpaired) electrons. The Morgan fingerprint density at radius 2 is 1.69 bits per heavy atom. The normalized spacial score (nSPS) is 12.4. The Morgan fingerprint density at radius 3 is 2.28 bits per heavy atom. The molecule has 0 amide bonds. The van der Waals surface area contributed by atoms with Gasteiger partial charge in [0.1, 0.15) is 5.82 Å². The van der Waals surface area contributed by atoms with Gasteiger partial charge < -0.3 is 17.6 Å². The van der Waals surface area contributed by atoms with Crippen LogP contribution in [0.5, 0.6) is 0 Å². The maximum absolute atomic E-state index is 13.1. The molecule has 0 saturated carbocycles. The highest BCUT2D eigenvalue weighted by molar-refractivity contribution is 7.77. The summed E-state index contributed by atoms with van der Waals surface area (Å²) in [4.78, 5) is 27.8.